The molecular weight excluding hydrogens is 164 g/mol. The highest BCUT2D eigenvalue weighted by Gasteiger charge is 2.21. The van der Waals surface area contributed by atoms with Crippen molar-refractivity contribution in [3.63, 3.8) is 0 Å². The minimum absolute atomic E-state index is 0.0995. The number of carboxylic acid groups (broad SMARTS) is 1. The molecule has 0 heterocycles. The fraction of sp³-hybridized carbons (Fsp3) is 0.727. The van der Waals surface area contributed by atoms with Crippen LogP contribution in [-0.4, -0.2) is 11.1 Å². The Labute approximate surface area is 80.7 Å². The molecule has 2 nitrogen and oxygen atoms in total. The minimum atomic E-state index is -0.859. The van der Waals surface area contributed by atoms with E-state index in [-0.39, 0.29) is 5.92 Å². The molecule has 0 aliphatic heterocycles. The molecule has 0 saturated heterocycles. The average Bonchev–Trinajstić information content (AvgIpc) is 2.11. The van der Waals surface area contributed by atoms with E-state index >= 15 is 0 Å². The molecule has 2 atom stereocenters. The van der Waals surface area contributed by atoms with Gasteiger partial charge in [0.1, 0.15) is 0 Å². The van der Waals surface area contributed by atoms with Crippen LogP contribution in [0.3, 0.4) is 0 Å². The minimum Gasteiger partial charge on any atom is -0.478 e. The first kappa shape index (κ1) is 12.2. The molecule has 0 aliphatic carbocycles. The summed E-state index contributed by atoms with van der Waals surface area (Å²) in [5.74, 6) is -0.293. The van der Waals surface area contributed by atoms with Gasteiger partial charge in [0.25, 0.3) is 0 Å². The molecular formula is C11H20O2. The molecule has 0 bridgehead atoms. The van der Waals surface area contributed by atoms with Crippen LogP contribution < -0.4 is 0 Å². The van der Waals surface area contributed by atoms with Crippen molar-refractivity contribution in [1.29, 1.82) is 0 Å². The van der Waals surface area contributed by atoms with E-state index in [4.69, 9.17) is 5.11 Å². The second kappa shape index (κ2) is 5.79. The first-order valence-corrected chi connectivity index (χ1v) is 4.96. The lowest BCUT2D eigenvalue weighted by Gasteiger charge is -2.21. The SMILES string of the molecule is C=C(C(=O)O)C(C)C(CC)CCC. The highest BCUT2D eigenvalue weighted by atomic mass is 16.4. The number of carboxylic acids is 1. The largest absolute Gasteiger partial charge is 0.478 e. The maximum absolute atomic E-state index is 10.7. The summed E-state index contributed by atoms with van der Waals surface area (Å²) in [6.45, 7) is 9.79. The summed E-state index contributed by atoms with van der Waals surface area (Å²) >= 11 is 0. The maximum Gasteiger partial charge on any atom is 0.331 e. The molecule has 0 saturated carbocycles. The summed E-state index contributed by atoms with van der Waals surface area (Å²) < 4.78 is 0. The molecule has 13 heavy (non-hydrogen) atoms. The predicted molar refractivity (Wildman–Crippen MR) is 54.6 cm³/mol. The normalized spacial score (nSPS) is 15.0. The number of hydrogen-bond donors (Lipinski definition) is 1. The van der Waals surface area contributed by atoms with Crippen molar-refractivity contribution in [2.45, 2.75) is 40.0 Å². The van der Waals surface area contributed by atoms with E-state index in [9.17, 15) is 4.79 Å². The molecule has 2 unspecified atom stereocenters. The predicted octanol–water partition coefficient (Wildman–Crippen LogP) is 3.09. The number of rotatable bonds is 6. The smallest absolute Gasteiger partial charge is 0.331 e. The summed E-state index contributed by atoms with van der Waals surface area (Å²) in [6, 6.07) is 0. The molecule has 0 aromatic heterocycles. The van der Waals surface area contributed by atoms with E-state index in [2.05, 4.69) is 20.4 Å². The topological polar surface area (TPSA) is 37.3 Å². The van der Waals surface area contributed by atoms with Gasteiger partial charge in [-0.25, -0.2) is 4.79 Å². The van der Waals surface area contributed by atoms with Crippen LogP contribution in [0.5, 0.6) is 0 Å². The van der Waals surface area contributed by atoms with Gasteiger partial charge in [-0.05, 0) is 11.8 Å². The van der Waals surface area contributed by atoms with Crippen LogP contribution in [0.4, 0.5) is 0 Å². The van der Waals surface area contributed by atoms with Gasteiger partial charge in [0.2, 0.25) is 0 Å². The molecule has 0 fully saturated rings. The zero-order valence-corrected chi connectivity index (χ0v) is 8.84. The summed E-state index contributed by atoms with van der Waals surface area (Å²) in [7, 11) is 0. The van der Waals surface area contributed by atoms with Crippen LogP contribution in [0.1, 0.15) is 40.0 Å². The van der Waals surface area contributed by atoms with Crippen LogP contribution in [-0.2, 0) is 4.79 Å². The highest BCUT2D eigenvalue weighted by Crippen LogP contribution is 2.26. The fourth-order valence-corrected chi connectivity index (χ4v) is 1.66. The van der Waals surface area contributed by atoms with E-state index < -0.39 is 5.97 Å². The maximum atomic E-state index is 10.7. The molecule has 0 aromatic rings. The third-order valence-electron chi connectivity index (χ3n) is 2.72. The third-order valence-corrected chi connectivity index (χ3v) is 2.72. The van der Waals surface area contributed by atoms with E-state index in [1.54, 1.807) is 0 Å². The second-order valence-corrected chi connectivity index (χ2v) is 3.58. The number of hydrogen-bond acceptors (Lipinski definition) is 1. The Hall–Kier alpha value is -0.790. The molecule has 76 valence electrons. The quantitative estimate of drug-likeness (QED) is 0.644. The Bertz CT molecular complexity index is 185. The zero-order valence-electron chi connectivity index (χ0n) is 8.84. The van der Waals surface area contributed by atoms with E-state index in [0.29, 0.717) is 11.5 Å². The Balaban J connectivity index is 4.27. The molecule has 0 aliphatic rings. The van der Waals surface area contributed by atoms with Crippen LogP contribution >= 0.6 is 0 Å². The van der Waals surface area contributed by atoms with Crippen LogP contribution in [0.25, 0.3) is 0 Å². The standard InChI is InChI=1S/C11H20O2/c1-5-7-10(6-2)8(3)9(4)11(12)13/h8,10H,4-7H2,1-3H3,(H,12,13). The lowest BCUT2D eigenvalue weighted by molar-refractivity contribution is -0.133. The van der Waals surface area contributed by atoms with Crippen LogP contribution in [0, 0.1) is 11.8 Å². The van der Waals surface area contributed by atoms with E-state index in [1.165, 1.54) is 0 Å². The summed E-state index contributed by atoms with van der Waals surface area (Å²) in [5, 5.41) is 8.77. The lowest BCUT2D eigenvalue weighted by atomic mass is 9.83. The molecule has 0 rings (SSSR count). The molecule has 1 N–H and O–H groups in total. The van der Waals surface area contributed by atoms with Crippen molar-refractivity contribution < 1.29 is 9.90 Å². The number of carbonyl (C=O) groups is 1. The monoisotopic (exact) mass is 184 g/mol. The van der Waals surface area contributed by atoms with Gasteiger partial charge in [-0.3, -0.25) is 0 Å². The van der Waals surface area contributed by atoms with Gasteiger partial charge in [-0.15, -0.1) is 0 Å². The van der Waals surface area contributed by atoms with E-state index in [1.807, 2.05) is 6.92 Å². The average molecular weight is 184 g/mol. The van der Waals surface area contributed by atoms with Crippen LogP contribution in [0.15, 0.2) is 12.2 Å². The molecule has 2 heteroatoms. The molecule has 0 amide bonds. The van der Waals surface area contributed by atoms with Gasteiger partial charge in [0.15, 0.2) is 0 Å². The van der Waals surface area contributed by atoms with Gasteiger partial charge in [0.05, 0.1) is 0 Å². The number of aliphatic carboxylic acids is 1. The van der Waals surface area contributed by atoms with Crippen molar-refractivity contribution in [1.82, 2.24) is 0 Å². The highest BCUT2D eigenvalue weighted by molar-refractivity contribution is 5.86. The Morgan fingerprint density at radius 3 is 2.31 bits per heavy atom. The van der Waals surface area contributed by atoms with Gasteiger partial charge in [0, 0.05) is 5.57 Å². The van der Waals surface area contributed by atoms with Gasteiger partial charge in [-0.1, -0.05) is 46.6 Å². The lowest BCUT2D eigenvalue weighted by Crippen LogP contribution is -2.17. The van der Waals surface area contributed by atoms with E-state index in [0.717, 1.165) is 19.3 Å². The summed E-state index contributed by atoms with van der Waals surface area (Å²) in [4.78, 5) is 10.7. The van der Waals surface area contributed by atoms with Crippen molar-refractivity contribution in [3.8, 4) is 0 Å². The van der Waals surface area contributed by atoms with Gasteiger partial charge in [-0.2, -0.15) is 0 Å². The van der Waals surface area contributed by atoms with Crippen LogP contribution in [0.2, 0.25) is 0 Å². The fourth-order valence-electron chi connectivity index (χ4n) is 1.66. The summed E-state index contributed by atoms with van der Waals surface area (Å²) in [5.41, 5.74) is 0.348. The zero-order chi connectivity index (χ0) is 10.4. The summed E-state index contributed by atoms with van der Waals surface area (Å²) in [6.07, 6.45) is 3.22. The first-order valence-electron chi connectivity index (χ1n) is 4.96. The van der Waals surface area contributed by atoms with Crippen molar-refractivity contribution in [2.75, 3.05) is 0 Å². The Morgan fingerprint density at radius 1 is 1.46 bits per heavy atom. The Morgan fingerprint density at radius 2 is 2.00 bits per heavy atom. The first-order chi connectivity index (χ1) is 6.04. The molecule has 0 spiro atoms. The van der Waals surface area contributed by atoms with Crippen molar-refractivity contribution >= 4 is 5.97 Å². The van der Waals surface area contributed by atoms with Crippen molar-refractivity contribution in [3.05, 3.63) is 12.2 Å². The van der Waals surface area contributed by atoms with Gasteiger partial charge >= 0.3 is 5.97 Å². The molecule has 0 aromatic carbocycles. The van der Waals surface area contributed by atoms with Crippen molar-refractivity contribution in [2.24, 2.45) is 11.8 Å². The second-order valence-electron chi connectivity index (χ2n) is 3.58. The third kappa shape index (κ3) is 3.62. The molecule has 0 radical (unpaired) electrons. The van der Waals surface area contributed by atoms with Gasteiger partial charge < -0.3 is 5.11 Å². The Kier molecular flexibility index (Phi) is 5.44.